The molecule has 1 saturated carbocycles. The zero-order chi connectivity index (χ0) is 13.4. The molecule has 0 aliphatic heterocycles. The molecule has 1 fully saturated rings. The number of halogens is 2. The molecule has 1 N–H and O–H groups in total. The summed E-state index contributed by atoms with van der Waals surface area (Å²) in [5, 5.41) is 0. The normalized spacial score (nSPS) is 18.4. The molecule has 1 aliphatic rings. The fourth-order valence-electron chi connectivity index (χ4n) is 2.16. The van der Waals surface area contributed by atoms with Crippen LogP contribution in [0.15, 0.2) is 27.6 Å². The van der Waals surface area contributed by atoms with Crippen molar-refractivity contribution in [1.29, 1.82) is 0 Å². The second-order valence-electron chi connectivity index (χ2n) is 4.67. The first-order valence-corrected chi connectivity index (χ1v) is 8.15. The monoisotopic (exact) mass is 335 g/mol. The summed E-state index contributed by atoms with van der Waals surface area (Å²) in [4.78, 5) is -0.287. The lowest BCUT2D eigenvalue weighted by Gasteiger charge is -2.41. The van der Waals surface area contributed by atoms with Gasteiger partial charge in [-0.1, -0.05) is 22.9 Å². The molecule has 0 bridgehead atoms. The van der Waals surface area contributed by atoms with Gasteiger partial charge in [0.15, 0.2) is 0 Å². The number of rotatable bonds is 4. The van der Waals surface area contributed by atoms with Crippen molar-refractivity contribution in [3.05, 3.63) is 28.5 Å². The third kappa shape index (κ3) is 2.60. The number of nitrogens with one attached hydrogen (secondary N) is 1. The van der Waals surface area contributed by atoms with Gasteiger partial charge in [0.1, 0.15) is 10.7 Å². The summed E-state index contributed by atoms with van der Waals surface area (Å²) < 4.78 is 41.2. The van der Waals surface area contributed by atoms with Crippen LogP contribution in [-0.2, 0) is 10.0 Å². The number of sulfonamides is 1. The van der Waals surface area contributed by atoms with Crippen LogP contribution in [0.3, 0.4) is 0 Å². The molecule has 1 aromatic carbocycles. The Morgan fingerprint density at radius 3 is 2.56 bits per heavy atom. The van der Waals surface area contributed by atoms with E-state index in [1.165, 1.54) is 12.1 Å². The molecule has 3 nitrogen and oxygen atoms in total. The maximum atomic E-state index is 13.7. The Bertz CT molecular complexity index is 550. The minimum atomic E-state index is -3.78. The molecule has 0 radical (unpaired) electrons. The molecule has 0 atom stereocenters. The van der Waals surface area contributed by atoms with Crippen LogP contribution in [0.2, 0.25) is 0 Å². The molecule has 1 aliphatic carbocycles. The Hall–Kier alpha value is -0.460. The smallest absolute Gasteiger partial charge is 0.207 e. The van der Waals surface area contributed by atoms with Crippen molar-refractivity contribution in [1.82, 2.24) is 4.72 Å². The second-order valence-corrected chi connectivity index (χ2v) is 7.23. The van der Waals surface area contributed by atoms with E-state index in [9.17, 15) is 12.8 Å². The number of hydrogen-bond acceptors (Lipinski definition) is 2. The Labute approximate surface area is 115 Å². The SMILES string of the molecule is CCC1(NS(=O)(=O)c2ccc(Br)cc2F)CCC1. The third-order valence-corrected chi connectivity index (χ3v) is 5.63. The lowest BCUT2D eigenvalue weighted by atomic mass is 9.76. The summed E-state index contributed by atoms with van der Waals surface area (Å²) in [6.07, 6.45) is 3.38. The lowest BCUT2D eigenvalue weighted by Crippen LogP contribution is -2.52. The van der Waals surface area contributed by atoms with E-state index in [1.54, 1.807) is 0 Å². The van der Waals surface area contributed by atoms with Crippen LogP contribution in [0.5, 0.6) is 0 Å². The summed E-state index contributed by atoms with van der Waals surface area (Å²) in [6.45, 7) is 1.94. The van der Waals surface area contributed by atoms with Crippen LogP contribution < -0.4 is 4.72 Å². The van der Waals surface area contributed by atoms with Gasteiger partial charge in [-0.2, -0.15) is 0 Å². The molecule has 0 saturated heterocycles. The van der Waals surface area contributed by atoms with E-state index in [2.05, 4.69) is 20.7 Å². The van der Waals surface area contributed by atoms with E-state index in [-0.39, 0.29) is 10.4 Å². The summed E-state index contributed by atoms with van der Waals surface area (Å²) in [5.41, 5.74) is -0.377. The third-order valence-electron chi connectivity index (χ3n) is 3.52. The maximum absolute atomic E-state index is 13.7. The van der Waals surface area contributed by atoms with E-state index in [1.807, 2.05) is 6.92 Å². The Morgan fingerprint density at radius 1 is 1.44 bits per heavy atom. The molecule has 6 heteroatoms. The Balaban J connectivity index is 2.31. The number of benzene rings is 1. The predicted octanol–water partition coefficient (Wildman–Crippen LogP) is 3.20. The molecule has 0 heterocycles. The van der Waals surface area contributed by atoms with Crippen LogP contribution in [0, 0.1) is 5.82 Å². The largest absolute Gasteiger partial charge is 0.243 e. The van der Waals surface area contributed by atoms with Crippen LogP contribution in [0.4, 0.5) is 4.39 Å². The van der Waals surface area contributed by atoms with E-state index >= 15 is 0 Å². The molecule has 100 valence electrons. The zero-order valence-electron chi connectivity index (χ0n) is 10.0. The van der Waals surface area contributed by atoms with Crippen molar-refractivity contribution >= 4 is 26.0 Å². The standard InChI is InChI=1S/C12H15BrFNO2S/c1-2-12(6-3-7-12)15-18(16,17)11-5-4-9(13)8-10(11)14/h4-5,8,15H,2-3,6-7H2,1H3. The summed E-state index contributed by atoms with van der Waals surface area (Å²) >= 11 is 3.11. The second kappa shape index (κ2) is 4.90. The van der Waals surface area contributed by atoms with E-state index in [0.29, 0.717) is 4.47 Å². The Kier molecular flexibility index (Phi) is 3.80. The fourth-order valence-corrected chi connectivity index (χ4v) is 4.09. The van der Waals surface area contributed by atoms with Gasteiger partial charge in [-0.05, 0) is 43.9 Å². The van der Waals surface area contributed by atoms with Crippen LogP contribution in [0.25, 0.3) is 0 Å². The van der Waals surface area contributed by atoms with Gasteiger partial charge in [-0.3, -0.25) is 0 Å². The highest BCUT2D eigenvalue weighted by Crippen LogP contribution is 2.36. The van der Waals surface area contributed by atoms with Crippen LogP contribution in [0.1, 0.15) is 32.6 Å². The van der Waals surface area contributed by atoms with Gasteiger partial charge in [0, 0.05) is 10.0 Å². The van der Waals surface area contributed by atoms with Crippen molar-refractivity contribution in [2.45, 2.75) is 43.0 Å². The minimum Gasteiger partial charge on any atom is -0.207 e. The highest BCUT2D eigenvalue weighted by molar-refractivity contribution is 9.10. The highest BCUT2D eigenvalue weighted by Gasteiger charge is 2.39. The molecular weight excluding hydrogens is 321 g/mol. The first-order chi connectivity index (χ1) is 8.38. The predicted molar refractivity (Wildman–Crippen MR) is 71.3 cm³/mol. The maximum Gasteiger partial charge on any atom is 0.243 e. The van der Waals surface area contributed by atoms with E-state index < -0.39 is 15.8 Å². The van der Waals surface area contributed by atoms with Crippen molar-refractivity contribution in [2.75, 3.05) is 0 Å². The topological polar surface area (TPSA) is 46.2 Å². The van der Waals surface area contributed by atoms with Gasteiger partial charge in [0.05, 0.1) is 0 Å². The average Bonchev–Trinajstić information content (AvgIpc) is 2.23. The highest BCUT2D eigenvalue weighted by atomic mass is 79.9. The molecule has 0 spiro atoms. The lowest BCUT2D eigenvalue weighted by molar-refractivity contribution is 0.213. The fraction of sp³-hybridized carbons (Fsp3) is 0.500. The Morgan fingerprint density at radius 2 is 2.11 bits per heavy atom. The summed E-state index contributed by atoms with van der Waals surface area (Å²) in [7, 11) is -3.78. The van der Waals surface area contributed by atoms with Crippen LogP contribution >= 0.6 is 15.9 Å². The molecular formula is C12H15BrFNO2S. The van der Waals surface area contributed by atoms with Gasteiger partial charge in [0.25, 0.3) is 0 Å². The van der Waals surface area contributed by atoms with Gasteiger partial charge in [-0.25, -0.2) is 17.5 Å². The van der Waals surface area contributed by atoms with Crippen molar-refractivity contribution in [2.24, 2.45) is 0 Å². The van der Waals surface area contributed by atoms with Gasteiger partial charge in [0.2, 0.25) is 10.0 Å². The molecule has 2 rings (SSSR count). The number of hydrogen-bond donors (Lipinski definition) is 1. The van der Waals surface area contributed by atoms with Gasteiger partial charge >= 0.3 is 0 Å². The zero-order valence-corrected chi connectivity index (χ0v) is 12.4. The van der Waals surface area contributed by atoms with E-state index in [4.69, 9.17) is 0 Å². The molecule has 1 aromatic rings. The van der Waals surface area contributed by atoms with Gasteiger partial charge in [-0.15, -0.1) is 0 Å². The first-order valence-electron chi connectivity index (χ1n) is 5.88. The van der Waals surface area contributed by atoms with Gasteiger partial charge < -0.3 is 0 Å². The van der Waals surface area contributed by atoms with E-state index in [0.717, 1.165) is 31.7 Å². The van der Waals surface area contributed by atoms with Crippen LogP contribution in [-0.4, -0.2) is 14.0 Å². The first kappa shape index (κ1) is 14.0. The molecule has 0 aromatic heterocycles. The minimum absolute atomic E-state index is 0.287. The average molecular weight is 336 g/mol. The quantitative estimate of drug-likeness (QED) is 0.918. The molecule has 0 amide bonds. The summed E-state index contributed by atoms with van der Waals surface area (Å²) in [6, 6.07) is 3.97. The molecule has 18 heavy (non-hydrogen) atoms. The van der Waals surface area contributed by atoms with Crippen molar-refractivity contribution in [3.8, 4) is 0 Å². The summed E-state index contributed by atoms with van der Waals surface area (Å²) in [5.74, 6) is -0.734. The molecule has 0 unspecified atom stereocenters. The van der Waals surface area contributed by atoms with Crippen molar-refractivity contribution < 1.29 is 12.8 Å². The van der Waals surface area contributed by atoms with Crippen molar-refractivity contribution in [3.63, 3.8) is 0 Å².